The Kier molecular flexibility index (Phi) is 3.62. The van der Waals surface area contributed by atoms with Crippen LogP contribution in [0.15, 0.2) is 36.7 Å². The Labute approximate surface area is 128 Å². The average molecular weight is 301 g/mol. The number of amides is 1. The van der Waals surface area contributed by atoms with Crippen LogP contribution in [0.4, 0.5) is 0 Å². The molecule has 1 aromatic carbocycles. The average Bonchev–Trinajstić information content (AvgIpc) is 3.11. The predicted molar refractivity (Wildman–Crippen MR) is 80.5 cm³/mol. The second-order valence-corrected chi connectivity index (χ2v) is 5.80. The quantitative estimate of drug-likeness (QED) is 0.880. The number of hydrogen-bond acceptors (Lipinski definition) is 4. The van der Waals surface area contributed by atoms with E-state index < -0.39 is 5.60 Å². The van der Waals surface area contributed by atoms with Gasteiger partial charge in [0.05, 0.1) is 12.7 Å². The van der Waals surface area contributed by atoms with Crippen molar-refractivity contribution in [1.82, 2.24) is 15.1 Å². The van der Waals surface area contributed by atoms with Gasteiger partial charge in [0.25, 0.3) is 0 Å². The largest absolute Gasteiger partial charge is 0.492 e. The molecular formula is C16H19N3O3. The van der Waals surface area contributed by atoms with Crippen molar-refractivity contribution in [2.24, 2.45) is 7.05 Å². The van der Waals surface area contributed by atoms with Crippen molar-refractivity contribution >= 4 is 5.91 Å². The molecule has 2 atom stereocenters. The van der Waals surface area contributed by atoms with Crippen LogP contribution in [0, 0.1) is 0 Å². The van der Waals surface area contributed by atoms with E-state index in [4.69, 9.17) is 4.74 Å². The summed E-state index contributed by atoms with van der Waals surface area (Å²) in [4.78, 5) is 12.4. The molecule has 0 saturated heterocycles. The molecule has 1 amide bonds. The second-order valence-electron chi connectivity index (χ2n) is 5.80. The molecule has 0 saturated carbocycles. The van der Waals surface area contributed by atoms with Crippen molar-refractivity contribution in [2.45, 2.75) is 18.4 Å². The summed E-state index contributed by atoms with van der Waals surface area (Å²) in [5, 5.41) is 17.3. The zero-order valence-corrected chi connectivity index (χ0v) is 12.6. The number of carbonyl (C=O) groups is 1. The summed E-state index contributed by atoms with van der Waals surface area (Å²) < 4.78 is 7.13. The zero-order chi connectivity index (χ0) is 15.7. The van der Waals surface area contributed by atoms with Gasteiger partial charge in [-0.3, -0.25) is 9.48 Å². The van der Waals surface area contributed by atoms with Crippen molar-refractivity contribution in [1.29, 1.82) is 0 Å². The first-order chi connectivity index (χ1) is 10.5. The Morgan fingerprint density at radius 2 is 2.32 bits per heavy atom. The van der Waals surface area contributed by atoms with Crippen molar-refractivity contribution in [3.8, 4) is 5.75 Å². The number of para-hydroxylation sites is 1. The maximum atomic E-state index is 12.4. The van der Waals surface area contributed by atoms with E-state index in [0.717, 1.165) is 11.3 Å². The highest BCUT2D eigenvalue weighted by atomic mass is 16.5. The molecule has 0 unspecified atom stereocenters. The third-order valence-electron chi connectivity index (χ3n) is 3.95. The van der Waals surface area contributed by atoms with Gasteiger partial charge in [0.15, 0.2) is 0 Å². The normalized spacial score (nSPS) is 19.1. The Morgan fingerprint density at radius 1 is 1.55 bits per heavy atom. The summed E-state index contributed by atoms with van der Waals surface area (Å²) in [7, 11) is 1.78. The van der Waals surface area contributed by atoms with Crippen LogP contribution < -0.4 is 10.1 Å². The molecule has 0 radical (unpaired) electrons. The minimum absolute atomic E-state index is 0.121. The molecule has 2 heterocycles. The summed E-state index contributed by atoms with van der Waals surface area (Å²) in [6.07, 6.45) is 3.33. The van der Waals surface area contributed by atoms with Crippen LogP contribution in [0.1, 0.15) is 24.0 Å². The van der Waals surface area contributed by atoms with Gasteiger partial charge in [0.2, 0.25) is 5.91 Å². The molecule has 0 aliphatic carbocycles. The lowest BCUT2D eigenvalue weighted by Gasteiger charge is -2.23. The molecule has 1 aliphatic rings. The minimum atomic E-state index is -1.16. The van der Waals surface area contributed by atoms with E-state index in [1.165, 1.54) is 0 Å². The van der Waals surface area contributed by atoms with E-state index in [-0.39, 0.29) is 18.4 Å². The van der Waals surface area contributed by atoms with Gasteiger partial charge in [-0.1, -0.05) is 18.2 Å². The number of aliphatic hydroxyl groups is 1. The lowest BCUT2D eigenvalue weighted by Crippen LogP contribution is -2.40. The number of aromatic nitrogens is 2. The minimum Gasteiger partial charge on any atom is -0.492 e. The fourth-order valence-corrected chi connectivity index (χ4v) is 2.56. The maximum Gasteiger partial charge on any atom is 0.231 e. The van der Waals surface area contributed by atoms with Crippen LogP contribution >= 0.6 is 0 Å². The fraction of sp³-hybridized carbons (Fsp3) is 0.375. The number of nitrogens with zero attached hydrogens (tertiary/aromatic N) is 2. The van der Waals surface area contributed by atoms with Crippen LogP contribution in [-0.4, -0.2) is 33.9 Å². The van der Waals surface area contributed by atoms with Crippen molar-refractivity contribution in [2.75, 3.05) is 13.2 Å². The lowest BCUT2D eigenvalue weighted by molar-refractivity contribution is -0.124. The third kappa shape index (κ3) is 2.69. The lowest BCUT2D eigenvalue weighted by atomic mass is 9.97. The summed E-state index contributed by atoms with van der Waals surface area (Å²) >= 11 is 0. The first-order valence-corrected chi connectivity index (χ1v) is 7.18. The van der Waals surface area contributed by atoms with Gasteiger partial charge in [-0.2, -0.15) is 5.10 Å². The maximum absolute atomic E-state index is 12.4. The number of aryl methyl sites for hydroxylation is 1. The highest BCUT2D eigenvalue weighted by Crippen LogP contribution is 2.33. The highest BCUT2D eigenvalue weighted by Gasteiger charge is 2.32. The van der Waals surface area contributed by atoms with Crippen LogP contribution in [0.5, 0.6) is 5.75 Å². The van der Waals surface area contributed by atoms with E-state index in [0.29, 0.717) is 12.2 Å². The molecular weight excluding hydrogens is 282 g/mol. The SMILES string of the molecule is Cn1cc([C@](C)(O)CNC(=O)[C@@H]2COc3ccccc32)cn1. The van der Waals surface area contributed by atoms with Crippen LogP contribution in [-0.2, 0) is 17.4 Å². The van der Waals surface area contributed by atoms with Gasteiger partial charge in [-0.05, 0) is 13.0 Å². The van der Waals surface area contributed by atoms with E-state index in [1.54, 1.807) is 31.0 Å². The summed E-state index contributed by atoms with van der Waals surface area (Å²) in [5.41, 5.74) is 0.391. The highest BCUT2D eigenvalue weighted by molar-refractivity contribution is 5.85. The van der Waals surface area contributed by atoms with Gasteiger partial charge in [-0.25, -0.2) is 0 Å². The molecule has 2 N–H and O–H groups in total. The Balaban J connectivity index is 1.66. The number of fused-ring (bicyclic) bond motifs is 1. The van der Waals surface area contributed by atoms with Crippen molar-refractivity contribution in [3.63, 3.8) is 0 Å². The van der Waals surface area contributed by atoms with Crippen LogP contribution in [0.3, 0.4) is 0 Å². The number of hydrogen-bond donors (Lipinski definition) is 2. The number of rotatable bonds is 4. The second kappa shape index (κ2) is 5.46. The van der Waals surface area contributed by atoms with Crippen LogP contribution in [0.25, 0.3) is 0 Å². The number of carbonyl (C=O) groups excluding carboxylic acids is 1. The van der Waals surface area contributed by atoms with Crippen molar-refractivity contribution < 1.29 is 14.6 Å². The number of benzene rings is 1. The summed E-state index contributed by atoms with van der Waals surface area (Å²) in [5.74, 6) is 0.275. The first-order valence-electron chi connectivity index (χ1n) is 7.18. The molecule has 22 heavy (non-hydrogen) atoms. The molecule has 116 valence electrons. The Morgan fingerprint density at radius 3 is 3.05 bits per heavy atom. The Hall–Kier alpha value is -2.34. The van der Waals surface area contributed by atoms with Gasteiger partial charge < -0.3 is 15.2 Å². The molecule has 0 spiro atoms. The monoisotopic (exact) mass is 301 g/mol. The standard InChI is InChI=1S/C16H19N3O3/c1-16(21,11-7-18-19(2)8-11)10-17-15(20)13-9-22-14-6-4-3-5-12(13)14/h3-8,13,21H,9-10H2,1-2H3,(H,17,20)/t13-,16-/m1/s1. The van der Waals surface area contributed by atoms with Crippen molar-refractivity contribution in [3.05, 3.63) is 47.8 Å². The van der Waals surface area contributed by atoms with Gasteiger partial charge >= 0.3 is 0 Å². The molecule has 1 aromatic heterocycles. The van der Waals surface area contributed by atoms with E-state index in [1.807, 2.05) is 24.3 Å². The van der Waals surface area contributed by atoms with Gasteiger partial charge in [0, 0.05) is 24.4 Å². The van der Waals surface area contributed by atoms with Crippen LogP contribution in [0.2, 0.25) is 0 Å². The molecule has 2 aromatic rings. The van der Waals surface area contributed by atoms with E-state index >= 15 is 0 Å². The number of nitrogens with one attached hydrogen (secondary N) is 1. The topological polar surface area (TPSA) is 76.4 Å². The zero-order valence-electron chi connectivity index (χ0n) is 12.6. The van der Waals surface area contributed by atoms with E-state index in [9.17, 15) is 9.90 Å². The van der Waals surface area contributed by atoms with Gasteiger partial charge in [0.1, 0.15) is 23.9 Å². The van der Waals surface area contributed by atoms with Gasteiger partial charge in [-0.15, -0.1) is 0 Å². The molecule has 0 bridgehead atoms. The molecule has 6 heteroatoms. The fourth-order valence-electron chi connectivity index (χ4n) is 2.56. The number of ether oxygens (including phenoxy) is 1. The van der Waals surface area contributed by atoms with E-state index in [2.05, 4.69) is 10.4 Å². The summed E-state index contributed by atoms with van der Waals surface area (Å²) in [6, 6.07) is 7.52. The first kappa shape index (κ1) is 14.6. The predicted octanol–water partition coefficient (Wildman–Crippen LogP) is 0.920. The smallest absolute Gasteiger partial charge is 0.231 e. The molecule has 1 aliphatic heterocycles. The molecule has 3 rings (SSSR count). The molecule has 0 fully saturated rings. The summed E-state index contributed by atoms with van der Waals surface area (Å²) in [6.45, 7) is 2.11. The third-order valence-corrected chi connectivity index (χ3v) is 3.95. The molecule has 6 nitrogen and oxygen atoms in total. The Bertz CT molecular complexity index is 693.